The van der Waals surface area contributed by atoms with Gasteiger partial charge in [0.2, 0.25) is 6.39 Å². The molecule has 0 fully saturated rings. The lowest BCUT2D eigenvalue weighted by atomic mass is 10.1. The predicted molar refractivity (Wildman–Crippen MR) is 64.5 cm³/mol. The molecule has 88 valence electrons. The second-order valence-corrected chi connectivity index (χ2v) is 3.92. The first kappa shape index (κ1) is 11.8. The summed E-state index contributed by atoms with van der Waals surface area (Å²) in [6.07, 6.45) is 1.23. The third-order valence-electron chi connectivity index (χ3n) is 2.18. The zero-order valence-corrected chi connectivity index (χ0v) is 10.5. The average Bonchev–Trinajstić information content (AvgIpc) is 2.89. The topological polar surface area (TPSA) is 68.0 Å². The van der Waals surface area contributed by atoms with E-state index in [2.05, 4.69) is 35.9 Å². The molecule has 1 aromatic heterocycles. The minimum atomic E-state index is -0.157. The van der Waals surface area contributed by atoms with Gasteiger partial charge in [-0.2, -0.15) is 4.98 Å². The maximum Gasteiger partial charge on any atom is 0.251 e. The molecule has 6 heteroatoms. The van der Waals surface area contributed by atoms with Crippen LogP contribution in [0.25, 0.3) is 0 Å². The largest absolute Gasteiger partial charge is 0.345 e. The Balaban J connectivity index is 1.95. The molecule has 5 nitrogen and oxygen atoms in total. The highest BCUT2D eigenvalue weighted by Gasteiger charge is 2.06. The molecule has 0 unspecified atom stereocenters. The van der Waals surface area contributed by atoms with Crippen LogP contribution in [0.15, 0.2) is 35.2 Å². The van der Waals surface area contributed by atoms with Gasteiger partial charge in [-0.3, -0.25) is 4.79 Å². The molecule has 2 rings (SSSR count). The quantitative estimate of drug-likeness (QED) is 0.875. The summed E-state index contributed by atoms with van der Waals surface area (Å²) in [5, 5.41) is 7.08. The van der Waals surface area contributed by atoms with E-state index in [1.807, 2.05) is 12.1 Å². The molecule has 0 atom stereocenters. The van der Waals surface area contributed by atoms with Gasteiger partial charge in [0.15, 0.2) is 5.82 Å². The van der Waals surface area contributed by atoms with E-state index in [1.54, 1.807) is 12.1 Å². The molecule has 1 amide bonds. The summed E-state index contributed by atoms with van der Waals surface area (Å²) in [5.41, 5.74) is 1.73. The van der Waals surface area contributed by atoms with Crippen molar-refractivity contribution < 1.29 is 9.32 Å². The molecule has 0 bridgehead atoms. The fourth-order valence-electron chi connectivity index (χ4n) is 1.28. The molecule has 1 heterocycles. The average molecular weight is 296 g/mol. The molecular weight excluding hydrogens is 286 g/mol. The Bertz CT molecular complexity index is 482. The normalized spacial score (nSPS) is 10.2. The van der Waals surface area contributed by atoms with Crippen molar-refractivity contribution in [3.8, 4) is 0 Å². The molecular formula is C11H10BrN3O2. The zero-order valence-electron chi connectivity index (χ0n) is 8.89. The highest BCUT2D eigenvalue weighted by atomic mass is 79.9. The van der Waals surface area contributed by atoms with E-state index < -0.39 is 0 Å². The molecule has 0 aliphatic heterocycles. The number of amides is 1. The summed E-state index contributed by atoms with van der Waals surface area (Å²) in [6.45, 7) is 0.259. The highest BCUT2D eigenvalue weighted by Crippen LogP contribution is 2.07. The number of halogens is 1. The van der Waals surface area contributed by atoms with E-state index in [0.29, 0.717) is 11.4 Å². The van der Waals surface area contributed by atoms with Crippen LogP contribution in [-0.4, -0.2) is 16.0 Å². The van der Waals surface area contributed by atoms with Gasteiger partial charge in [-0.05, 0) is 17.7 Å². The van der Waals surface area contributed by atoms with E-state index in [0.717, 1.165) is 10.9 Å². The summed E-state index contributed by atoms with van der Waals surface area (Å²) >= 11 is 3.35. The van der Waals surface area contributed by atoms with Crippen LogP contribution in [0.3, 0.4) is 0 Å². The summed E-state index contributed by atoms with van der Waals surface area (Å²) < 4.78 is 4.57. The van der Waals surface area contributed by atoms with Crippen molar-refractivity contribution in [3.05, 3.63) is 47.6 Å². The number of nitrogens with zero attached hydrogens (tertiary/aromatic N) is 2. The van der Waals surface area contributed by atoms with Crippen LogP contribution in [0.2, 0.25) is 0 Å². The van der Waals surface area contributed by atoms with Crippen molar-refractivity contribution in [2.45, 2.75) is 11.9 Å². The van der Waals surface area contributed by atoms with Gasteiger partial charge in [0.1, 0.15) is 0 Å². The first-order valence-electron chi connectivity index (χ1n) is 4.98. The van der Waals surface area contributed by atoms with E-state index in [9.17, 15) is 4.79 Å². The SMILES string of the molecule is O=C(NCc1ncon1)c1ccc(CBr)cc1. The molecule has 0 saturated heterocycles. The van der Waals surface area contributed by atoms with Crippen molar-refractivity contribution >= 4 is 21.8 Å². The number of hydrogen-bond acceptors (Lipinski definition) is 4. The molecule has 0 radical (unpaired) electrons. The number of carbonyl (C=O) groups is 1. The highest BCUT2D eigenvalue weighted by molar-refractivity contribution is 9.08. The minimum Gasteiger partial charge on any atom is -0.345 e. The van der Waals surface area contributed by atoms with Gasteiger partial charge in [0, 0.05) is 10.9 Å². The van der Waals surface area contributed by atoms with Crippen LogP contribution in [0.5, 0.6) is 0 Å². The first-order valence-corrected chi connectivity index (χ1v) is 6.10. The third-order valence-corrected chi connectivity index (χ3v) is 2.83. The fraction of sp³-hybridized carbons (Fsp3) is 0.182. The summed E-state index contributed by atoms with van der Waals surface area (Å²) in [7, 11) is 0. The fourth-order valence-corrected chi connectivity index (χ4v) is 1.65. The lowest BCUT2D eigenvalue weighted by Gasteiger charge is -2.03. The smallest absolute Gasteiger partial charge is 0.251 e. The van der Waals surface area contributed by atoms with E-state index in [-0.39, 0.29) is 12.5 Å². The van der Waals surface area contributed by atoms with E-state index in [1.165, 1.54) is 6.39 Å². The predicted octanol–water partition coefficient (Wildman–Crippen LogP) is 1.89. The maximum atomic E-state index is 11.7. The summed E-state index contributed by atoms with van der Waals surface area (Å²) in [5.74, 6) is 0.298. The Morgan fingerprint density at radius 2 is 2.12 bits per heavy atom. The van der Waals surface area contributed by atoms with Gasteiger partial charge < -0.3 is 9.84 Å². The molecule has 0 spiro atoms. The first-order chi connectivity index (χ1) is 8.29. The maximum absolute atomic E-state index is 11.7. The Labute approximate surface area is 106 Å². The lowest BCUT2D eigenvalue weighted by Crippen LogP contribution is -2.23. The number of rotatable bonds is 4. The van der Waals surface area contributed by atoms with Crippen LogP contribution in [0, 0.1) is 0 Å². The van der Waals surface area contributed by atoms with Crippen molar-refractivity contribution in [2.75, 3.05) is 0 Å². The summed E-state index contributed by atoms with van der Waals surface area (Å²) in [6, 6.07) is 7.36. The molecule has 2 aromatic rings. The molecule has 0 aliphatic carbocycles. The van der Waals surface area contributed by atoms with Crippen LogP contribution in [0.4, 0.5) is 0 Å². The molecule has 1 aromatic carbocycles. The molecule has 1 N–H and O–H groups in total. The van der Waals surface area contributed by atoms with Gasteiger partial charge in [0.05, 0.1) is 6.54 Å². The molecule has 0 saturated carbocycles. The number of carbonyl (C=O) groups excluding carboxylic acids is 1. The van der Waals surface area contributed by atoms with Crippen LogP contribution in [-0.2, 0) is 11.9 Å². The van der Waals surface area contributed by atoms with E-state index in [4.69, 9.17) is 0 Å². The number of aromatic nitrogens is 2. The van der Waals surface area contributed by atoms with Gasteiger partial charge in [0.25, 0.3) is 5.91 Å². The van der Waals surface area contributed by atoms with Crippen molar-refractivity contribution in [1.82, 2.24) is 15.5 Å². The van der Waals surface area contributed by atoms with Crippen LogP contribution < -0.4 is 5.32 Å². The molecule has 0 aliphatic rings. The number of benzene rings is 1. The van der Waals surface area contributed by atoms with E-state index >= 15 is 0 Å². The minimum absolute atomic E-state index is 0.157. The van der Waals surface area contributed by atoms with Crippen LogP contribution in [0.1, 0.15) is 21.7 Å². The standard InChI is InChI=1S/C11H10BrN3O2/c12-5-8-1-3-9(4-2-8)11(16)13-6-10-14-7-17-15-10/h1-4,7H,5-6H2,(H,13,16). The second kappa shape index (κ2) is 5.58. The van der Waals surface area contributed by atoms with Gasteiger partial charge in [-0.1, -0.05) is 33.2 Å². The zero-order chi connectivity index (χ0) is 12.1. The Morgan fingerprint density at radius 3 is 2.71 bits per heavy atom. The number of nitrogens with one attached hydrogen (secondary N) is 1. The van der Waals surface area contributed by atoms with Crippen molar-refractivity contribution in [1.29, 1.82) is 0 Å². The summed E-state index contributed by atoms with van der Waals surface area (Å²) in [4.78, 5) is 15.5. The van der Waals surface area contributed by atoms with Gasteiger partial charge in [-0.15, -0.1) is 0 Å². The number of hydrogen-bond donors (Lipinski definition) is 1. The molecule has 17 heavy (non-hydrogen) atoms. The second-order valence-electron chi connectivity index (χ2n) is 3.36. The Morgan fingerprint density at radius 1 is 1.35 bits per heavy atom. The monoisotopic (exact) mass is 295 g/mol. The van der Waals surface area contributed by atoms with Gasteiger partial charge >= 0.3 is 0 Å². The van der Waals surface area contributed by atoms with Crippen molar-refractivity contribution in [3.63, 3.8) is 0 Å². The Hall–Kier alpha value is -1.69. The lowest BCUT2D eigenvalue weighted by molar-refractivity contribution is 0.0949. The Kier molecular flexibility index (Phi) is 3.87. The van der Waals surface area contributed by atoms with Gasteiger partial charge in [-0.25, -0.2) is 0 Å². The third kappa shape index (κ3) is 3.13. The number of alkyl halides is 1. The van der Waals surface area contributed by atoms with Crippen molar-refractivity contribution in [2.24, 2.45) is 0 Å². The van der Waals surface area contributed by atoms with Crippen LogP contribution >= 0.6 is 15.9 Å².